The van der Waals surface area contributed by atoms with Crippen LogP contribution in [-0.4, -0.2) is 13.0 Å². The highest BCUT2D eigenvalue weighted by molar-refractivity contribution is 9.10. The van der Waals surface area contributed by atoms with Crippen LogP contribution in [0, 0.1) is 6.92 Å². The minimum Gasteiger partial charge on any atom is -0.495 e. The van der Waals surface area contributed by atoms with E-state index in [-0.39, 0.29) is 12.3 Å². The van der Waals surface area contributed by atoms with Gasteiger partial charge in [0.25, 0.3) is 0 Å². The van der Waals surface area contributed by atoms with Crippen molar-refractivity contribution in [2.45, 2.75) is 13.3 Å². The summed E-state index contributed by atoms with van der Waals surface area (Å²) < 4.78 is 6.22. The molecule has 0 aliphatic rings. The number of carbonyl (C=O) groups excluding carboxylic acids is 1. The Morgan fingerprint density at radius 3 is 2.71 bits per heavy atom. The van der Waals surface area contributed by atoms with Crippen LogP contribution in [0.1, 0.15) is 11.1 Å². The monoisotopic (exact) mass is 348 g/mol. The maximum absolute atomic E-state index is 12.2. The molecule has 0 spiro atoms. The molecule has 3 N–H and O–H groups in total. The van der Waals surface area contributed by atoms with Crippen molar-refractivity contribution >= 4 is 33.2 Å². The highest BCUT2D eigenvalue weighted by atomic mass is 79.9. The molecule has 0 fully saturated rings. The highest BCUT2D eigenvalue weighted by Gasteiger charge is 2.13. The van der Waals surface area contributed by atoms with E-state index in [9.17, 15) is 4.79 Å². The van der Waals surface area contributed by atoms with Crippen LogP contribution in [0.3, 0.4) is 0 Å². The molecule has 2 aromatic carbocycles. The Morgan fingerprint density at radius 1 is 1.33 bits per heavy atom. The summed E-state index contributed by atoms with van der Waals surface area (Å²) in [7, 11) is 1.58. The van der Waals surface area contributed by atoms with E-state index in [0.29, 0.717) is 17.1 Å². The molecule has 0 aliphatic heterocycles. The summed E-state index contributed by atoms with van der Waals surface area (Å²) in [6, 6.07) is 11.1. The van der Waals surface area contributed by atoms with Gasteiger partial charge in [-0.05, 0) is 36.2 Å². The summed E-state index contributed by atoms with van der Waals surface area (Å²) in [5.41, 5.74) is 8.89. The van der Waals surface area contributed by atoms with Gasteiger partial charge in [0.2, 0.25) is 5.91 Å². The quantitative estimate of drug-likeness (QED) is 0.830. The van der Waals surface area contributed by atoms with Crippen LogP contribution in [0.15, 0.2) is 40.9 Å². The summed E-state index contributed by atoms with van der Waals surface area (Å²) in [6.07, 6.45) is 0.228. The summed E-state index contributed by atoms with van der Waals surface area (Å²) >= 11 is 3.41. The van der Waals surface area contributed by atoms with Crippen LogP contribution in [0.25, 0.3) is 0 Å². The number of para-hydroxylation sites is 1. The molecule has 0 radical (unpaired) electrons. The average molecular weight is 349 g/mol. The number of anilines is 2. The molecule has 0 aromatic heterocycles. The molecule has 0 saturated heterocycles. The van der Waals surface area contributed by atoms with E-state index in [4.69, 9.17) is 10.5 Å². The van der Waals surface area contributed by atoms with E-state index in [2.05, 4.69) is 21.2 Å². The Hall–Kier alpha value is -2.01. The molecular weight excluding hydrogens is 332 g/mol. The van der Waals surface area contributed by atoms with Crippen LogP contribution in [0.2, 0.25) is 0 Å². The Balaban J connectivity index is 2.19. The van der Waals surface area contributed by atoms with Gasteiger partial charge in [-0.2, -0.15) is 0 Å². The number of methoxy groups -OCH3 is 1. The van der Waals surface area contributed by atoms with Crippen LogP contribution in [0.5, 0.6) is 5.75 Å². The third-order valence-electron chi connectivity index (χ3n) is 3.15. The topological polar surface area (TPSA) is 64.3 Å². The second-order valence-corrected chi connectivity index (χ2v) is 5.64. The molecule has 0 atom stereocenters. The minimum atomic E-state index is -0.128. The first kappa shape index (κ1) is 15.4. The van der Waals surface area contributed by atoms with Gasteiger partial charge < -0.3 is 15.8 Å². The third kappa shape index (κ3) is 3.76. The van der Waals surface area contributed by atoms with E-state index in [0.717, 1.165) is 15.6 Å². The summed E-state index contributed by atoms with van der Waals surface area (Å²) in [5.74, 6) is 0.493. The molecule has 5 heteroatoms. The van der Waals surface area contributed by atoms with Gasteiger partial charge in [-0.25, -0.2) is 0 Å². The van der Waals surface area contributed by atoms with Crippen LogP contribution >= 0.6 is 15.9 Å². The number of hydrogen-bond acceptors (Lipinski definition) is 3. The molecular formula is C16H17BrN2O2. The summed E-state index contributed by atoms with van der Waals surface area (Å²) in [6.45, 7) is 1.92. The number of nitrogens with one attached hydrogen (secondary N) is 1. The smallest absolute Gasteiger partial charge is 0.228 e. The largest absolute Gasteiger partial charge is 0.495 e. The summed E-state index contributed by atoms with van der Waals surface area (Å²) in [4.78, 5) is 12.2. The molecule has 21 heavy (non-hydrogen) atoms. The predicted octanol–water partition coefficient (Wildman–Crippen LogP) is 3.53. The fraction of sp³-hybridized carbons (Fsp3) is 0.188. The molecule has 0 aliphatic carbocycles. The molecule has 110 valence electrons. The Bertz CT molecular complexity index is 671. The van der Waals surface area contributed by atoms with Crippen molar-refractivity contribution in [1.29, 1.82) is 0 Å². The number of benzene rings is 2. The van der Waals surface area contributed by atoms with Crippen molar-refractivity contribution in [2.75, 3.05) is 18.2 Å². The molecule has 2 rings (SSSR count). The second kappa shape index (κ2) is 6.63. The first-order valence-electron chi connectivity index (χ1n) is 6.48. The van der Waals surface area contributed by atoms with Crippen LogP contribution in [-0.2, 0) is 11.2 Å². The highest BCUT2D eigenvalue weighted by Crippen LogP contribution is 2.32. The maximum Gasteiger partial charge on any atom is 0.228 e. The number of amides is 1. The van der Waals surface area contributed by atoms with E-state index in [1.165, 1.54) is 0 Å². The van der Waals surface area contributed by atoms with Crippen molar-refractivity contribution < 1.29 is 9.53 Å². The zero-order chi connectivity index (χ0) is 15.4. The van der Waals surface area contributed by atoms with Gasteiger partial charge >= 0.3 is 0 Å². The zero-order valence-electron chi connectivity index (χ0n) is 11.9. The fourth-order valence-corrected chi connectivity index (χ4v) is 2.64. The van der Waals surface area contributed by atoms with Crippen molar-refractivity contribution in [3.8, 4) is 5.75 Å². The zero-order valence-corrected chi connectivity index (χ0v) is 13.5. The normalized spacial score (nSPS) is 10.2. The van der Waals surface area contributed by atoms with Crippen molar-refractivity contribution in [1.82, 2.24) is 0 Å². The van der Waals surface area contributed by atoms with Crippen LogP contribution < -0.4 is 15.8 Å². The van der Waals surface area contributed by atoms with E-state index >= 15 is 0 Å². The van der Waals surface area contributed by atoms with E-state index in [1.54, 1.807) is 13.2 Å². The fourth-order valence-electron chi connectivity index (χ4n) is 2.09. The van der Waals surface area contributed by atoms with Gasteiger partial charge in [-0.3, -0.25) is 4.79 Å². The number of halogens is 1. The van der Waals surface area contributed by atoms with Crippen molar-refractivity contribution in [3.05, 3.63) is 52.0 Å². The average Bonchev–Trinajstić information content (AvgIpc) is 2.44. The molecule has 0 bridgehead atoms. The maximum atomic E-state index is 12.2. The van der Waals surface area contributed by atoms with Gasteiger partial charge in [0.1, 0.15) is 5.75 Å². The molecule has 4 nitrogen and oxygen atoms in total. The standard InChI is InChI=1S/C16H17BrN2O2/c1-10-7-12(17)9-14(21-2)16(10)19-15(20)8-11-5-3-4-6-13(11)18/h3-7,9H,8,18H2,1-2H3,(H,19,20). The number of hydrogen-bond donors (Lipinski definition) is 2. The Morgan fingerprint density at radius 2 is 2.05 bits per heavy atom. The van der Waals surface area contributed by atoms with Gasteiger partial charge in [-0.15, -0.1) is 0 Å². The van der Waals surface area contributed by atoms with Crippen molar-refractivity contribution in [3.63, 3.8) is 0 Å². The molecule has 1 amide bonds. The third-order valence-corrected chi connectivity index (χ3v) is 3.61. The van der Waals surface area contributed by atoms with E-state index in [1.807, 2.05) is 37.3 Å². The first-order valence-corrected chi connectivity index (χ1v) is 7.28. The molecule has 2 aromatic rings. The summed E-state index contributed by atoms with van der Waals surface area (Å²) in [5, 5.41) is 2.89. The Kier molecular flexibility index (Phi) is 4.85. The minimum absolute atomic E-state index is 0.128. The van der Waals surface area contributed by atoms with Gasteiger partial charge in [0.05, 0.1) is 19.2 Å². The lowest BCUT2D eigenvalue weighted by Gasteiger charge is -2.14. The molecule has 0 unspecified atom stereocenters. The molecule has 0 heterocycles. The lowest BCUT2D eigenvalue weighted by atomic mass is 10.1. The lowest BCUT2D eigenvalue weighted by Crippen LogP contribution is -2.16. The Labute approximate surface area is 132 Å². The van der Waals surface area contributed by atoms with Gasteiger partial charge in [0, 0.05) is 10.2 Å². The van der Waals surface area contributed by atoms with Gasteiger partial charge in [-0.1, -0.05) is 34.1 Å². The number of nitrogen functional groups attached to an aromatic ring is 1. The number of ether oxygens (including phenoxy) is 1. The number of nitrogens with two attached hydrogens (primary N) is 1. The van der Waals surface area contributed by atoms with E-state index < -0.39 is 0 Å². The first-order chi connectivity index (χ1) is 10.0. The lowest BCUT2D eigenvalue weighted by molar-refractivity contribution is -0.115. The second-order valence-electron chi connectivity index (χ2n) is 4.72. The van der Waals surface area contributed by atoms with Crippen molar-refractivity contribution in [2.24, 2.45) is 0 Å². The SMILES string of the molecule is COc1cc(Br)cc(C)c1NC(=O)Cc1ccccc1N. The number of aryl methyl sites for hydroxylation is 1. The predicted molar refractivity (Wildman–Crippen MR) is 88.6 cm³/mol. The number of rotatable bonds is 4. The molecule has 0 saturated carbocycles. The number of carbonyl (C=O) groups is 1. The van der Waals surface area contributed by atoms with Gasteiger partial charge in [0.15, 0.2) is 0 Å². The van der Waals surface area contributed by atoms with Crippen LogP contribution in [0.4, 0.5) is 11.4 Å².